The van der Waals surface area contributed by atoms with Gasteiger partial charge in [0.25, 0.3) is 0 Å². The second-order valence-corrected chi connectivity index (χ2v) is 5.93. The minimum atomic E-state index is -0.687. The maximum Gasteiger partial charge on any atom is 0.120 e. The van der Waals surface area contributed by atoms with Crippen LogP contribution in [0.4, 0.5) is 0 Å². The van der Waals surface area contributed by atoms with Crippen LogP contribution in [0.2, 0.25) is 0 Å². The number of hydrogen-bond donors (Lipinski definition) is 2. The normalized spacial score (nSPS) is 13.8. The maximum atomic E-state index is 10.1. The average Bonchev–Trinajstić information content (AvgIpc) is 2.46. The largest absolute Gasteiger partial charge is 0.491 e. The van der Waals surface area contributed by atoms with Gasteiger partial charge in [-0.3, -0.25) is 0 Å². The highest BCUT2D eigenvalue weighted by molar-refractivity contribution is 14.1. The Kier molecular flexibility index (Phi) is 5.82. The van der Waals surface area contributed by atoms with Crippen molar-refractivity contribution in [1.82, 2.24) is 0 Å². The van der Waals surface area contributed by atoms with Crippen molar-refractivity contribution in [1.29, 1.82) is 0 Å². The average molecular weight is 383 g/mol. The van der Waals surface area contributed by atoms with E-state index in [4.69, 9.17) is 10.5 Å². The van der Waals surface area contributed by atoms with Crippen LogP contribution in [0.1, 0.15) is 5.56 Å². The minimum absolute atomic E-state index is 0.202. The molecule has 0 saturated carbocycles. The zero-order valence-electron chi connectivity index (χ0n) is 11.1. The van der Waals surface area contributed by atoms with Gasteiger partial charge in [-0.05, 0) is 52.8 Å². The monoisotopic (exact) mass is 383 g/mol. The molecule has 3 N–H and O–H groups in total. The van der Waals surface area contributed by atoms with Gasteiger partial charge in [0, 0.05) is 9.61 Å². The minimum Gasteiger partial charge on any atom is -0.491 e. The highest BCUT2D eigenvalue weighted by Crippen LogP contribution is 2.15. The van der Waals surface area contributed by atoms with Gasteiger partial charge in [-0.1, -0.05) is 36.4 Å². The third-order valence-corrected chi connectivity index (χ3v) is 3.70. The second-order valence-electron chi connectivity index (χ2n) is 4.69. The lowest BCUT2D eigenvalue weighted by atomic mass is 10.0. The van der Waals surface area contributed by atoms with Crippen molar-refractivity contribution in [2.45, 2.75) is 18.6 Å². The smallest absolute Gasteiger partial charge is 0.120 e. The Morgan fingerprint density at radius 2 is 1.85 bits per heavy atom. The fraction of sp³-hybridized carbons (Fsp3) is 0.250. The molecule has 2 aromatic carbocycles. The van der Waals surface area contributed by atoms with Gasteiger partial charge < -0.3 is 15.6 Å². The lowest BCUT2D eigenvalue weighted by Gasteiger charge is -2.19. The maximum absolute atomic E-state index is 10.1. The van der Waals surface area contributed by atoms with Gasteiger partial charge >= 0.3 is 0 Å². The standard InChI is InChI=1S/C16H18INO2/c17-13-7-4-8-14(10-13)20-11-16(19)15(18)9-12-5-2-1-3-6-12/h1-8,10,15-16,19H,9,11,18H2. The molecule has 0 spiro atoms. The number of aliphatic hydroxyl groups excluding tert-OH is 1. The van der Waals surface area contributed by atoms with Crippen molar-refractivity contribution in [2.75, 3.05) is 6.61 Å². The fourth-order valence-corrected chi connectivity index (χ4v) is 2.40. The molecule has 2 unspecified atom stereocenters. The molecule has 2 aromatic rings. The summed E-state index contributed by atoms with van der Waals surface area (Å²) in [7, 11) is 0. The summed E-state index contributed by atoms with van der Waals surface area (Å²) in [5, 5.41) is 10.1. The molecule has 20 heavy (non-hydrogen) atoms. The summed E-state index contributed by atoms with van der Waals surface area (Å²) in [5.74, 6) is 0.753. The van der Waals surface area contributed by atoms with Gasteiger partial charge in [-0.2, -0.15) is 0 Å². The molecule has 2 rings (SSSR count). The number of hydrogen-bond acceptors (Lipinski definition) is 3. The van der Waals surface area contributed by atoms with Gasteiger partial charge in [0.15, 0.2) is 0 Å². The number of rotatable bonds is 6. The molecule has 0 aliphatic rings. The Morgan fingerprint density at radius 3 is 2.55 bits per heavy atom. The van der Waals surface area contributed by atoms with Gasteiger partial charge in [0.1, 0.15) is 18.5 Å². The summed E-state index contributed by atoms with van der Waals surface area (Å²) in [4.78, 5) is 0. The van der Waals surface area contributed by atoms with E-state index in [1.54, 1.807) is 0 Å². The van der Waals surface area contributed by atoms with Gasteiger partial charge in [0.05, 0.1) is 0 Å². The summed E-state index contributed by atoms with van der Waals surface area (Å²) >= 11 is 2.22. The van der Waals surface area contributed by atoms with Crippen LogP contribution in [0, 0.1) is 3.57 Å². The first-order valence-corrected chi connectivity index (χ1v) is 7.59. The van der Waals surface area contributed by atoms with Crippen molar-refractivity contribution in [3.05, 3.63) is 63.7 Å². The van der Waals surface area contributed by atoms with E-state index in [1.165, 1.54) is 0 Å². The van der Waals surface area contributed by atoms with Crippen molar-refractivity contribution < 1.29 is 9.84 Å². The molecule has 4 heteroatoms. The van der Waals surface area contributed by atoms with Gasteiger partial charge in [-0.15, -0.1) is 0 Å². The number of halogens is 1. The summed E-state index contributed by atoms with van der Waals surface area (Å²) in [6.45, 7) is 0.202. The number of benzene rings is 2. The van der Waals surface area contributed by atoms with Crippen LogP contribution < -0.4 is 10.5 Å². The third kappa shape index (κ3) is 4.77. The molecule has 106 valence electrons. The Labute approximate surface area is 132 Å². The van der Waals surface area contributed by atoms with E-state index in [0.29, 0.717) is 6.42 Å². The highest BCUT2D eigenvalue weighted by atomic mass is 127. The molecule has 0 radical (unpaired) electrons. The van der Waals surface area contributed by atoms with Crippen LogP contribution in [0.3, 0.4) is 0 Å². The Bertz CT molecular complexity index is 533. The lowest BCUT2D eigenvalue weighted by molar-refractivity contribution is 0.0851. The predicted molar refractivity (Wildman–Crippen MR) is 88.8 cm³/mol. The third-order valence-electron chi connectivity index (χ3n) is 3.03. The molecule has 0 bridgehead atoms. The van der Waals surface area contributed by atoms with Crippen molar-refractivity contribution in [3.8, 4) is 5.75 Å². The number of ether oxygens (including phenoxy) is 1. The van der Waals surface area contributed by atoms with E-state index in [1.807, 2.05) is 54.6 Å². The van der Waals surface area contributed by atoms with E-state index >= 15 is 0 Å². The van der Waals surface area contributed by atoms with E-state index in [9.17, 15) is 5.11 Å². The van der Waals surface area contributed by atoms with Crippen LogP contribution >= 0.6 is 22.6 Å². The fourth-order valence-electron chi connectivity index (χ4n) is 1.88. The quantitative estimate of drug-likeness (QED) is 0.755. The van der Waals surface area contributed by atoms with Crippen molar-refractivity contribution >= 4 is 22.6 Å². The summed E-state index contributed by atoms with van der Waals surface area (Å²) in [5.41, 5.74) is 7.13. The molecule has 0 fully saturated rings. The molecule has 0 heterocycles. The first kappa shape index (κ1) is 15.3. The van der Waals surface area contributed by atoms with Crippen LogP contribution in [-0.4, -0.2) is 23.9 Å². The first-order chi connectivity index (χ1) is 9.65. The Balaban J connectivity index is 1.83. The lowest BCUT2D eigenvalue weighted by Crippen LogP contribution is -2.40. The highest BCUT2D eigenvalue weighted by Gasteiger charge is 2.16. The van der Waals surface area contributed by atoms with E-state index in [-0.39, 0.29) is 12.6 Å². The molecule has 0 aromatic heterocycles. The van der Waals surface area contributed by atoms with Crippen molar-refractivity contribution in [3.63, 3.8) is 0 Å². The summed E-state index contributed by atoms with van der Waals surface area (Å²) in [6, 6.07) is 17.3. The molecule has 3 nitrogen and oxygen atoms in total. The van der Waals surface area contributed by atoms with Crippen LogP contribution in [-0.2, 0) is 6.42 Å². The topological polar surface area (TPSA) is 55.5 Å². The predicted octanol–water partition coefficient (Wildman–Crippen LogP) is 2.60. The zero-order chi connectivity index (χ0) is 14.4. The van der Waals surface area contributed by atoms with Crippen molar-refractivity contribution in [2.24, 2.45) is 5.73 Å². The molecule has 0 aliphatic carbocycles. The number of aliphatic hydroxyl groups is 1. The Hall–Kier alpha value is -1.11. The SMILES string of the molecule is NC(Cc1ccccc1)C(O)COc1cccc(I)c1. The summed E-state index contributed by atoms with van der Waals surface area (Å²) in [6.07, 6.45) is -0.0504. The second kappa shape index (κ2) is 7.61. The number of nitrogens with two attached hydrogens (primary N) is 1. The molecule has 2 atom stereocenters. The zero-order valence-corrected chi connectivity index (χ0v) is 13.2. The first-order valence-electron chi connectivity index (χ1n) is 6.51. The van der Waals surface area contributed by atoms with Gasteiger partial charge in [-0.25, -0.2) is 0 Å². The summed E-state index contributed by atoms with van der Waals surface area (Å²) < 4.78 is 6.67. The van der Waals surface area contributed by atoms with Crippen LogP contribution in [0.5, 0.6) is 5.75 Å². The molecule has 0 amide bonds. The molecular weight excluding hydrogens is 365 g/mol. The van der Waals surface area contributed by atoms with E-state index < -0.39 is 6.10 Å². The van der Waals surface area contributed by atoms with Gasteiger partial charge in [0.2, 0.25) is 0 Å². The van der Waals surface area contributed by atoms with Crippen LogP contribution in [0.25, 0.3) is 0 Å². The molecular formula is C16H18INO2. The molecule has 0 aliphatic heterocycles. The van der Waals surface area contributed by atoms with E-state index in [2.05, 4.69) is 22.6 Å². The Morgan fingerprint density at radius 1 is 1.10 bits per heavy atom. The van der Waals surface area contributed by atoms with E-state index in [0.717, 1.165) is 14.9 Å². The van der Waals surface area contributed by atoms with Crippen LogP contribution in [0.15, 0.2) is 54.6 Å². The molecule has 0 saturated heterocycles.